The number of nitrogens with two attached hydrogens (primary N) is 1. The van der Waals surface area contributed by atoms with Crippen LogP contribution < -0.4 is 11.1 Å². The van der Waals surface area contributed by atoms with Gasteiger partial charge in [-0.2, -0.15) is 0 Å². The number of amides is 1. The highest BCUT2D eigenvalue weighted by Gasteiger charge is 2.10. The van der Waals surface area contributed by atoms with Crippen molar-refractivity contribution in [1.82, 2.24) is 15.2 Å². The number of pyridine rings is 1. The molecule has 0 spiro atoms. The zero-order valence-electron chi connectivity index (χ0n) is 8.59. The monoisotopic (exact) mass is 293 g/mol. The fourth-order valence-corrected chi connectivity index (χ4v) is 1.47. The first-order valence-corrected chi connectivity index (χ1v) is 5.47. The van der Waals surface area contributed by atoms with Crippen LogP contribution in [0.15, 0.2) is 34.9 Å². The van der Waals surface area contributed by atoms with Gasteiger partial charge in [0.15, 0.2) is 5.69 Å². The predicted molar refractivity (Wildman–Crippen MR) is 66.3 cm³/mol. The molecule has 2 aromatic heterocycles. The summed E-state index contributed by atoms with van der Waals surface area (Å²) in [7, 11) is 0. The van der Waals surface area contributed by atoms with E-state index >= 15 is 0 Å². The van der Waals surface area contributed by atoms with Crippen molar-refractivity contribution in [2.75, 3.05) is 11.1 Å². The Morgan fingerprint density at radius 2 is 2.12 bits per heavy atom. The van der Waals surface area contributed by atoms with Crippen LogP contribution in [0.5, 0.6) is 0 Å². The number of nitrogen functional groups attached to an aromatic ring is 1. The first kappa shape index (κ1) is 11.5. The normalized spacial score (nSPS) is 9.94. The molecule has 0 atom stereocenters. The zero-order chi connectivity index (χ0) is 12.3. The van der Waals surface area contributed by atoms with Crippen LogP contribution in [0.3, 0.4) is 0 Å². The van der Waals surface area contributed by atoms with Crippen molar-refractivity contribution in [1.29, 1.82) is 0 Å². The Morgan fingerprint density at radius 3 is 2.76 bits per heavy atom. The first-order chi connectivity index (χ1) is 8.16. The van der Waals surface area contributed by atoms with Gasteiger partial charge in [-0.15, -0.1) is 10.2 Å². The average molecular weight is 294 g/mol. The van der Waals surface area contributed by atoms with Gasteiger partial charge in [-0.25, -0.2) is 4.98 Å². The number of anilines is 2. The van der Waals surface area contributed by atoms with Gasteiger partial charge in [0.2, 0.25) is 0 Å². The fraction of sp³-hybridized carbons (Fsp3) is 0. The van der Waals surface area contributed by atoms with Crippen LogP contribution in [-0.4, -0.2) is 21.1 Å². The summed E-state index contributed by atoms with van der Waals surface area (Å²) in [6, 6.07) is 6.53. The Balaban J connectivity index is 2.17. The molecule has 17 heavy (non-hydrogen) atoms. The van der Waals surface area contributed by atoms with Crippen LogP contribution in [0.1, 0.15) is 10.5 Å². The number of nitrogens with zero attached hydrogens (tertiary/aromatic N) is 3. The van der Waals surface area contributed by atoms with Crippen LogP contribution >= 0.6 is 15.9 Å². The number of aromatic nitrogens is 3. The van der Waals surface area contributed by atoms with E-state index in [9.17, 15) is 4.79 Å². The lowest BCUT2D eigenvalue weighted by molar-refractivity contribution is 0.102. The molecule has 0 aliphatic rings. The Bertz CT molecular complexity index is 543. The SMILES string of the molecule is Nc1ccc(C(=O)Nc2ncccc2Br)nn1. The fourth-order valence-electron chi connectivity index (χ4n) is 1.11. The van der Waals surface area contributed by atoms with E-state index in [2.05, 4.69) is 36.4 Å². The standard InChI is InChI=1S/C10H8BrN5O/c11-6-2-1-5-13-9(6)14-10(17)7-3-4-8(12)16-15-7/h1-5H,(H2,12,16)(H,13,14,17). The molecule has 2 aromatic rings. The molecule has 7 heteroatoms. The average Bonchev–Trinajstić information content (AvgIpc) is 2.33. The molecule has 0 radical (unpaired) electrons. The lowest BCUT2D eigenvalue weighted by atomic mass is 10.3. The lowest BCUT2D eigenvalue weighted by Crippen LogP contribution is -2.15. The van der Waals surface area contributed by atoms with E-state index in [1.54, 1.807) is 18.3 Å². The molecule has 0 saturated carbocycles. The molecule has 0 saturated heterocycles. The first-order valence-electron chi connectivity index (χ1n) is 4.68. The van der Waals surface area contributed by atoms with E-state index in [0.29, 0.717) is 10.3 Å². The predicted octanol–water partition coefficient (Wildman–Crippen LogP) is 1.47. The minimum absolute atomic E-state index is 0.178. The summed E-state index contributed by atoms with van der Waals surface area (Å²) in [5.74, 6) is 0.300. The van der Waals surface area contributed by atoms with Crippen LogP contribution in [0, 0.1) is 0 Å². The maximum atomic E-state index is 11.8. The number of halogens is 1. The summed E-state index contributed by atoms with van der Waals surface area (Å²) in [4.78, 5) is 15.8. The minimum Gasteiger partial charge on any atom is -0.382 e. The zero-order valence-corrected chi connectivity index (χ0v) is 10.2. The number of nitrogens with one attached hydrogen (secondary N) is 1. The highest BCUT2D eigenvalue weighted by atomic mass is 79.9. The molecule has 6 nitrogen and oxygen atoms in total. The van der Waals surface area contributed by atoms with E-state index < -0.39 is 5.91 Å². The maximum absolute atomic E-state index is 11.8. The molecule has 0 aliphatic carbocycles. The number of hydrogen-bond acceptors (Lipinski definition) is 5. The van der Waals surface area contributed by atoms with Gasteiger partial charge in [0.25, 0.3) is 5.91 Å². The molecule has 0 aromatic carbocycles. The van der Waals surface area contributed by atoms with Crippen molar-refractivity contribution in [3.05, 3.63) is 40.6 Å². The van der Waals surface area contributed by atoms with Gasteiger partial charge in [0, 0.05) is 6.20 Å². The van der Waals surface area contributed by atoms with Gasteiger partial charge < -0.3 is 11.1 Å². The van der Waals surface area contributed by atoms with E-state index in [4.69, 9.17) is 5.73 Å². The highest BCUT2D eigenvalue weighted by Crippen LogP contribution is 2.18. The number of carbonyl (C=O) groups is 1. The smallest absolute Gasteiger partial charge is 0.277 e. The van der Waals surface area contributed by atoms with Crippen LogP contribution in [0.4, 0.5) is 11.6 Å². The minimum atomic E-state index is -0.392. The molecule has 2 rings (SSSR count). The van der Waals surface area contributed by atoms with Gasteiger partial charge in [0.05, 0.1) is 4.47 Å². The summed E-state index contributed by atoms with van der Waals surface area (Å²) >= 11 is 3.28. The van der Waals surface area contributed by atoms with Crippen LogP contribution in [0.25, 0.3) is 0 Å². The van der Waals surface area contributed by atoms with Gasteiger partial charge >= 0.3 is 0 Å². The summed E-state index contributed by atoms with van der Waals surface area (Å²) in [6.07, 6.45) is 1.58. The van der Waals surface area contributed by atoms with E-state index in [1.165, 1.54) is 12.1 Å². The van der Waals surface area contributed by atoms with Gasteiger partial charge in [-0.3, -0.25) is 4.79 Å². The Hall–Kier alpha value is -2.02. The molecule has 0 fully saturated rings. The molecule has 0 aliphatic heterocycles. The molecular weight excluding hydrogens is 286 g/mol. The second-order valence-electron chi connectivity index (χ2n) is 3.13. The third-order valence-electron chi connectivity index (χ3n) is 1.91. The topological polar surface area (TPSA) is 93.8 Å². The van der Waals surface area contributed by atoms with Gasteiger partial charge in [-0.1, -0.05) is 0 Å². The highest BCUT2D eigenvalue weighted by molar-refractivity contribution is 9.10. The van der Waals surface area contributed by atoms with Gasteiger partial charge in [0.1, 0.15) is 11.6 Å². The van der Waals surface area contributed by atoms with Crippen molar-refractivity contribution < 1.29 is 4.79 Å². The van der Waals surface area contributed by atoms with E-state index in [0.717, 1.165) is 0 Å². The number of rotatable bonds is 2. The molecule has 0 bridgehead atoms. The summed E-state index contributed by atoms with van der Waals surface area (Å²) < 4.78 is 0.691. The van der Waals surface area contributed by atoms with E-state index in [-0.39, 0.29) is 11.5 Å². The second kappa shape index (κ2) is 4.88. The quantitative estimate of drug-likeness (QED) is 0.874. The maximum Gasteiger partial charge on any atom is 0.277 e. The number of carbonyl (C=O) groups excluding carboxylic acids is 1. The Kier molecular flexibility index (Phi) is 3.29. The third kappa shape index (κ3) is 2.76. The Labute approximate surface area is 105 Å². The van der Waals surface area contributed by atoms with Crippen molar-refractivity contribution >= 4 is 33.5 Å². The summed E-state index contributed by atoms with van der Waals surface area (Å²) in [5, 5.41) is 9.88. The van der Waals surface area contributed by atoms with Crippen molar-refractivity contribution in [3.8, 4) is 0 Å². The molecule has 86 valence electrons. The molecule has 2 heterocycles. The molecule has 1 amide bonds. The third-order valence-corrected chi connectivity index (χ3v) is 2.55. The molecule has 3 N–H and O–H groups in total. The van der Waals surface area contributed by atoms with Crippen LogP contribution in [0.2, 0.25) is 0 Å². The number of hydrogen-bond donors (Lipinski definition) is 2. The summed E-state index contributed by atoms with van der Waals surface area (Å²) in [5.41, 5.74) is 5.56. The van der Waals surface area contributed by atoms with Crippen molar-refractivity contribution in [2.45, 2.75) is 0 Å². The Morgan fingerprint density at radius 1 is 1.29 bits per heavy atom. The molecule has 0 unspecified atom stereocenters. The van der Waals surface area contributed by atoms with E-state index in [1.807, 2.05) is 0 Å². The second-order valence-corrected chi connectivity index (χ2v) is 3.99. The van der Waals surface area contributed by atoms with Crippen molar-refractivity contribution in [3.63, 3.8) is 0 Å². The lowest BCUT2D eigenvalue weighted by Gasteiger charge is -2.04. The molecular formula is C10H8BrN5O. The van der Waals surface area contributed by atoms with Gasteiger partial charge in [-0.05, 0) is 40.2 Å². The van der Waals surface area contributed by atoms with Crippen LogP contribution in [-0.2, 0) is 0 Å². The van der Waals surface area contributed by atoms with Crippen molar-refractivity contribution in [2.24, 2.45) is 0 Å². The largest absolute Gasteiger partial charge is 0.382 e. The summed E-state index contributed by atoms with van der Waals surface area (Å²) in [6.45, 7) is 0.